The summed E-state index contributed by atoms with van der Waals surface area (Å²) in [4.78, 5) is 12.7. The Hall–Kier alpha value is -1.40. The molecule has 1 aliphatic rings. The predicted octanol–water partition coefficient (Wildman–Crippen LogP) is 3.37. The highest BCUT2D eigenvalue weighted by Gasteiger charge is 2.30. The predicted molar refractivity (Wildman–Crippen MR) is 89.9 cm³/mol. The van der Waals surface area contributed by atoms with Crippen LogP contribution in [0.3, 0.4) is 0 Å². The number of hydrogen-bond donors (Lipinski definition) is 1. The van der Waals surface area contributed by atoms with Gasteiger partial charge in [0, 0.05) is 15.7 Å². The van der Waals surface area contributed by atoms with E-state index in [4.69, 9.17) is 10.7 Å². The summed E-state index contributed by atoms with van der Waals surface area (Å²) < 4.78 is 0. The third-order valence-corrected chi connectivity index (χ3v) is 5.66. The van der Waals surface area contributed by atoms with Gasteiger partial charge < -0.3 is 10.6 Å². The number of aliphatic imine (C=N–C) groups is 1. The first-order chi connectivity index (χ1) is 9.95. The molecule has 2 N–H and O–H groups in total. The normalized spacial score (nSPS) is 19.1. The summed E-state index contributed by atoms with van der Waals surface area (Å²) in [5.74, 6) is 0.624. The van der Waals surface area contributed by atoms with Crippen molar-refractivity contribution >= 4 is 28.6 Å². The Bertz CT molecular complexity index is 637. The van der Waals surface area contributed by atoms with Crippen LogP contribution in [-0.2, 0) is 12.0 Å². The molecule has 0 saturated carbocycles. The molecule has 1 aliphatic heterocycles. The zero-order chi connectivity index (χ0) is 15.0. The highest BCUT2D eigenvalue weighted by molar-refractivity contribution is 7.10. The number of aromatic nitrogens is 1. The molecule has 0 fully saturated rings. The second-order valence-electron chi connectivity index (χ2n) is 6.25. The number of hydrogen-bond acceptors (Lipinski definition) is 6. The Morgan fingerprint density at radius 2 is 2.19 bits per heavy atom. The average molecular weight is 320 g/mol. The lowest BCUT2D eigenvalue weighted by atomic mass is 9.98. The maximum Gasteiger partial charge on any atom is 0.192 e. The van der Waals surface area contributed by atoms with Gasteiger partial charge in [-0.2, -0.15) is 0 Å². The Morgan fingerprint density at radius 1 is 1.38 bits per heavy atom. The van der Waals surface area contributed by atoms with Gasteiger partial charge in [-0.1, -0.05) is 26.8 Å². The van der Waals surface area contributed by atoms with E-state index in [9.17, 15) is 0 Å². The highest BCUT2D eigenvalue weighted by atomic mass is 32.1. The van der Waals surface area contributed by atoms with Crippen molar-refractivity contribution in [1.82, 2.24) is 9.88 Å². The van der Waals surface area contributed by atoms with Crippen LogP contribution in [0.5, 0.6) is 0 Å². The van der Waals surface area contributed by atoms with E-state index in [0.717, 1.165) is 12.2 Å². The summed E-state index contributed by atoms with van der Waals surface area (Å²) in [5.41, 5.74) is 7.25. The first-order valence-corrected chi connectivity index (χ1v) is 8.76. The largest absolute Gasteiger partial charge is 0.370 e. The first kappa shape index (κ1) is 14.5. The van der Waals surface area contributed by atoms with Crippen molar-refractivity contribution in [3.05, 3.63) is 38.5 Å². The van der Waals surface area contributed by atoms with Gasteiger partial charge in [-0.3, -0.25) is 4.99 Å². The molecule has 2 aromatic rings. The molecule has 2 aromatic heterocycles. The van der Waals surface area contributed by atoms with Crippen molar-refractivity contribution in [3.63, 3.8) is 0 Å². The van der Waals surface area contributed by atoms with Crippen LogP contribution in [0.25, 0.3) is 0 Å². The van der Waals surface area contributed by atoms with E-state index in [1.807, 2.05) is 0 Å². The maximum absolute atomic E-state index is 6.07. The summed E-state index contributed by atoms with van der Waals surface area (Å²) in [6, 6.07) is 4.37. The second kappa shape index (κ2) is 5.42. The van der Waals surface area contributed by atoms with E-state index in [1.54, 1.807) is 22.7 Å². The number of thiophene rings is 1. The standard InChI is InChI=1S/C15H20N4S2/c1-15(2,3)13-18-11(9-21-13)12-7-17-14(16)19(12)8-10-5-4-6-20-10/h4-6,9,12H,7-8H2,1-3H3,(H2,16,17). The van der Waals surface area contributed by atoms with Gasteiger partial charge in [0.2, 0.25) is 0 Å². The molecule has 0 bridgehead atoms. The van der Waals surface area contributed by atoms with Crippen molar-refractivity contribution in [1.29, 1.82) is 0 Å². The molecule has 3 heterocycles. The minimum absolute atomic E-state index is 0.0898. The Kier molecular flexibility index (Phi) is 3.75. The molecule has 3 rings (SSSR count). The summed E-state index contributed by atoms with van der Waals surface area (Å²) in [6.07, 6.45) is 0. The SMILES string of the molecule is CC(C)(C)c1nc(C2CN=C(N)N2Cc2cccs2)cs1. The van der Waals surface area contributed by atoms with Gasteiger partial charge in [-0.05, 0) is 11.4 Å². The highest BCUT2D eigenvalue weighted by Crippen LogP contribution is 2.32. The summed E-state index contributed by atoms with van der Waals surface area (Å²) in [5, 5.41) is 5.41. The Balaban J connectivity index is 1.82. The third-order valence-electron chi connectivity index (χ3n) is 3.51. The van der Waals surface area contributed by atoms with E-state index < -0.39 is 0 Å². The number of guanidine groups is 1. The topological polar surface area (TPSA) is 54.5 Å². The lowest BCUT2D eigenvalue weighted by Crippen LogP contribution is -2.35. The quantitative estimate of drug-likeness (QED) is 0.943. The molecule has 1 unspecified atom stereocenters. The van der Waals surface area contributed by atoms with E-state index in [2.05, 4.69) is 53.6 Å². The number of rotatable bonds is 3. The zero-order valence-corrected chi connectivity index (χ0v) is 14.2. The molecule has 6 heteroatoms. The fourth-order valence-corrected chi connectivity index (χ4v) is 3.98. The van der Waals surface area contributed by atoms with Crippen LogP contribution < -0.4 is 5.73 Å². The average Bonchev–Trinajstić information content (AvgIpc) is 3.11. The monoisotopic (exact) mass is 320 g/mol. The van der Waals surface area contributed by atoms with Crippen molar-refractivity contribution in [2.75, 3.05) is 6.54 Å². The molecule has 4 nitrogen and oxygen atoms in total. The van der Waals surface area contributed by atoms with Crippen molar-refractivity contribution in [2.24, 2.45) is 10.7 Å². The van der Waals surface area contributed by atoms with Gasteiger partial charge in [-0.15, -0.1) is 22.7 Å². The van der Waals surface area contributed by atoms with Crippen molar-refractivity contribution < 1.29 is 0 Å². The molecule has 112 valence electrons. The molecule has 0 saturated heterocycles. The molecular formula is C15H20N4S2. The number of nitrogens with two attached hydrogens (primary N) is 1. The fourth-order valence-electron chi connectivity index (χ4n) is 2.33. The van der Waals surface area contributed by atoms with E-state index in [1.165, 1.54) is 9.88 Å². The van der Waals surface area contributed by atoms with Crippen LogP contribution in [0.4, 0.5) is 0 Å². The van der Waals surface area contributed by atoms with Crippen LogP contribution in [0.15, 0.2) is 27.9 Å². The van der Waals surface area contributed by atoms with Gasteiger partial charge in [0.25, 0.3) is 0 Å². The molecule has 0 spiro atoms. The van der Waals surface area contributed by atoms with E-state index in [-0.39, 0.29) is 11.5 Å². The van der Waals surface area contributed by atoms with Crippen molar-refractivity contribution in [2.45, 2.75) is 38.8 Å². The summed E-state index contributed by atoms with van der Waals surface area (Å²) >= 11 is 3.48. The second-order valence-corrected chi connectivity index (χ2v) is 8.14. The lowest BCUT2D eigenvalue weighted by Gasteiger charge is -2.24. The van der Waals surface area contributed by atoms with Gasteiger partial charge in [0.05, 0.1) is 29.8 Å². The van der Waals surface area contributed by atoms with E-state index >= 15 is 0 Å². The van der Waals surface area contributed by atoms with Gasteiger partial charge >= 0.3 is 0 Å². The first-order valence-electron chi connectivity index (χ1n) is 7.00. The third kappa shape index (κ3) is 2.96. The van der Waals surface area contributed by atoms with Crippen LogP contribution in [0, 0.1) is 0 Å². The zero-order valence-electron chi connectivity index (χ0n) is 12.5. The minimum atomic E-state index is 0.0898. The van der Waals surface area contributed by atoms with Crippen LogP contribution in [-0.4, -0.2) is 22.4 Å². The maximum atomic E-state index is 6.07. The molecule has 0 amide bonds. The minimum Gasteiger partial charge on any atom is -0.370 e. The van der Waals surface area contributed by atoms with Crippen LogP contribution in [0.1, 0.15) is 42.4 Å². The molecule has 0 aliphatic carbocycles. The number of thiazole rings is 1. The van der Waals surface area contributed by atoms with Crippen LogP contribution >= 0.6 is 22.7 Å². The molecule has 0 aromatic carbocycles. The Morgan fingerprint density at radius 3 is 2.81 bits per heavy atom. The fraction of sp³-hybridized carbons (Fsp3) is 0.467. The van der Waals surface area contributed by atoms with Gasteiger partial charge in [0.15, 0.2) is 5.96 Å². The van der Waals surface area contributed by atoms with Gasteiger partial charge in [0.1, 0.15) is 0 Å². The molecular weight excluding hydrogens is 300 g/mol. The Labute approximate surface area is 133 Å². The van der Waals surface area contributed by atoms with Crippen molar-refractivity contribution in [3.8, 4) is 0 Å². The molecule has 1 atom stereocenters. The van der Waals surface area contributed by atoms with Crippen LogP contribution in [0.2, 0.25) is 0 Å². The number of nitrogens with zero attached hydrogens (tertiary/aromatic N) is 3. The lowest BCUT2D eigenvalue weighted by molar-refractivity contribution is 0.337. The van der Waals surface area contributed by atoms with Gasteiger partial charge in [-0.25, -0.2) is 4.98 Å². The molecule has 21 heavy (non-hydrogen) atoms. The summed E-state index contributed by atoms with van der Waals surface area (Å²) in [7, 11) is 0. The molecule has 0 radical (unpaired) electrons. The smallest absolute Gasteiger partial charge is 0.192 e. The summed E-state index contributed by atoms with van der Waals surface area (Å²) in [6.45, 7) is 8.08. The van der Waals surface area contributed by atoms with E-state index in [0.29, 0.717) is 12.5 Å².